The van der Waals surface area contributed by atoms with Crippen LogP contribution in [0.4, 0.5) is 0 Å². The van der Waals surface area contributed by atoms with E-state index in [1.807, 2.05) is 0 Å². The molecule has 2 nitrogen and oxygen atoms in total. The van der Waals surface area contributed by atoms with Crippen molar-refractivity contribution in [3.63, 3.8) is 0 Å². The second-order valence-electron chi connectivity index (χ2n) is 3.93. The van der Waals surface area contributed by atoms with Gasteiger partial charge in [-0.15, -0.1) is 0 Å². The van der Waals surface area contributed by atoms with Crippen molar-refractivity contribution in [1.29, 1.82) is 0 Å². The van der Waals surface area contributed by atoms with Crippen molar-refractivity contribution >= 4 is 0 Å². The zero-order valence-corrected chi connectivity index (χ0v) is 9.16. The normalized spacial score (nSPS) is 10.9. The summed E-state index contributed by atoms with van der Waals surface area (Å²) in [7, 11) is 4.22. The largest absolute Gasteiger partial charge is 0.326 e. The Hall–Kier alpha value is -0.860. The van der Waals surface area contributed by atoms with Gasteiger partial charge in [-0.1, -0.05) is 24.3 Å². The molecular weight excluding hydrogens is 172 g/mol. The molecule has 0 aliphatic rings. The van der Waals surface area contributed by atoms with E-state index in [-0.39, 0.29) is 0 Å². The van der Waals surface area contributed by atoms with Gasteiger partial charge in [0.1, 0.15) is 0 Å². The number of hydrogen-bond donors (Lipinski definition) is 1. The summed E-state index contributed by atoms with van der Waals surface area (Å²) in [6.07, 6.45) is 2.37. The third-order valence-electron chi connectivity index (χ3n) is 2.33. The average molecular weight is 192 g/mol. The third kappa shape index (κ3) is 3.90. The van der Waals surface area contributed by atoms with Gasteiger partial charge in [0, 0.05) is 6.54 Å². The minimum Gasteiger partial charge on any atom is -0.326 e. The van der Waals surface area contributed by atoms with Crippen LogP contribution in [0.15, 0.2) is 24.3 Å². The molecule has 78 valence electrons. The highest BCUT2D eigenvalue weighted by Gasteiger charge is 1.95. The lowest BCUT2D eigenvalue weighted by molar-refractivity contribution is 0.400. The van der Waals surface area contributed by atoms with Crippen LogP contribution in [-0.4, -0.2) is 25.5 Å². The van der Waals surface area contributed by atoms with Crippen LogP contribution in [0.2, 0.25) is 0 Å². The SMILES string of the molecule is CN(C)CCCc1ccc(CN)cc1. The first-order valence-corrected chi connectivity index (χ1v) is 5.15. The Morgan fingerprint density at radius 1 is 1.07 bits per heavy atom. The van der Waals surface area contributed by atoms with E-state index in [4.69, 9.17) is 5.73 Å². The van der Waals surface area contributed by atoms with Gasteiger partial charge in [-0.2, -0.15) is 0 Å². The summed E-state index contributed by atoms with van der Waals surface area (Å²) >= 11 is 0. The summed E-state index contributed by atoms with van der Waals surface area (Å²) in [4.78, 5) is 2.22. The van der Waals surface area contributed by atoms with Gasteiger partial charge in [0.2, 0.25) is 0 Å². The van der Waals surface area contributed by atoms with Gasteiger partial charge in [0.25, 0.3) is 0 Å². The van der Waals surface area contributed by atoms with Gasteiger partial charge in [-0.25, -0.2) is 0 Å². The fourth-order valence-corrected chi connectivity index (χ4v) is 1.44. The van der Waals surface area contributed by atoms with Crippen LogP contribution in [0.1, 0.15) is 17.5 Å². The lowest BCUT2D eigenvalue weighted by Gasteiger charge is -2.08. The minimum absolute atomic E-state index is 0.637. The van der Waals surface area contributed by atoms with Gasteiger partial charge in [0.15, 0.2) is 0 Å². The maximum atomic E-state index is 5.53. The lowest BCUT2D eigenvalue weighted by atomic mass is 10.1. The number of nitrogens with zero attached hydrogens (tertiary/aromatic N) is 1. The van der Waals surface area contributed by atoms with E-state index < -0.39 is 0 Å². The molecule has 2 heteroatoms. The van der Waals surface area contributed by atoms with Crippen LogP contribution in [0.5, 0.6) is 0 Å². The maximum Gasteiger partial charge on any atom is 0.0178 e. The summed E-state index contributed by atoms with van der Waals surface area (Å²) in [5, 5.41) is 0. The first kappa shape index (κ1) is 11.2. The summed E-state index contributed by atoms with van der Waals surface area (Å²) in [6.45, 7) is 1.79. The molecule has 0 aromatic heterocycles. The molecule has 0 amide bonds. The second kappa shape index (κ2) is 5.78. The van der Waals surface area contributed by atoms with Crippen LogP contribution >= 0.6 is 0 Å². The van der Waals surface area contributed by atoms with Crippen molar-refractivity contribution in [2.24, 2.45) is 5.73 Å². The van der Waals surface area contributed by atoms with E-state index in [9.17, 15) is 0 Å². The molecule has 0 aliphatic heterocycles. The number of rotatable bonds is 5. The van der Waals surface area contributed by atoms with Crippen molar-refractivity contribution in [1.82, 2.24) is 4.90 Å². The molecule has 1 aromatic carbocycles. The zero-order valence-electron chi connectivity index (χ0n) is 9.16. The van der Waals surface area contributed by atoms with Crippen molar-refractivity contribution in [3.8, 4) is 0 Å². The number of hydrogen-bond acceptors (Lipinski definition) is 2. The lowest BCUT2D eigenvalue weighted by Crippen LogP contribution is -2.13. The third-order valence-corrected chi connectivity index (χ3v) is 2.33. The molecule has 0 atom stereocenters. The Kier molecular flexibility index (Phi) is 4.63. The summed E-state index contributed by atoms with van der Waals surface area (Å²) in [5.41, 5.74) is 8.15. The molecule has 0 bridgehead atoms. The predicted octanol–water partition coefficient (Wildman–Crippen LogP) is 1.64. The number of nitrogens with two attached hydrogens (primary N) is 1. The predicted molar refractivity (Wildman–Crippen MR) is 61.2 cm³/mol. The molecule has 14 heavy (non-hydrogen) atoms. The molecule has 0 radical (unpaired) electrons. The fraction of sp³-hybridized carbons (Fsp3) is 0.500. The smallest absolute Gasteiger partial charge is 0.0178 e. The monoisotopic (exact) mass is 192 g/mol. The van der Waals surface area contributed by atoms with Gasteiger partial charge in [0.05, 0.1) is 0 Å². The van der Waals surface area contributed by atoms with Crippen LogP contribution in [0.3, 0.4) is 0 Å². The quantitative estimate of drug-likeness (QED) is 0.768. The Morgan fingerprint density at radius 3 is 2.14 bits per heavy atom. The molecule has 0 fully saturated rings. The van der Waals surface area contributed by atoms with Crippen LogP contribution in [0.25, 0.3) is 0 Å². The molecule has 1 aromatic rings. The molecule has 0 unspecified atom stereocenters. The van der Waals surface area contributed by atoms with Crippen LogP contribution in [0, 0.1) is 0 Å². The molecule has 0 saturated carbocycles. The van der Waals surface area contributed by atoms with E-state index in [0.29, 0.717) is 6.54 Å². The first-order valence-electron chi connectivity index (χ1n) is 5.15. The Balaban J connectivity index is 2.36. The highest BCUT2D eigenvalue weighted by Crippen LogP contribution is 2.06. The average Bonchev–Trinajstić information content (AvgIpc) is 2.18. The van der Waals surface area contributed by atoms with E-state index in [1.54, 1.807) is 0 Å². The second-order valence-corrected chi connectivity index (χ2v) is 3.93. The Bertz CT molecular complexity index is 252. The standard InChI is InChI=1S/C12H20N2/c1-14(2)9-3-4-11-5-7-12(10-13)8-6-11/h5-8H,3-4,9-10,13H2,1-2H3. The molecule has 2 N–H and O–H groups in total. The zero-order chi connectivity index (χ0) is 10.4. The molecule has 0 heterocycles. The summed E-state index contributed by atoms with van der Waals surface area (Å²) in [5.74, 6) is 0. The minimum atomic E-state index is 0.637. The van der Waals surface area contributed by atoms with E-state index in [2.05, 4.69) is 43.3 Å². The van der Waals surface area contributed by atoms with E-state index in [1.165, 1.54) is 17.5 Å². The molecule has 0 saturated heterocycles. The molecular formula is C12H20N2. The molecule has 1 rings (SSSR count). The summed E-state index contributed by atoms with van der Waals surface area (Å²) < 4.78 is 0. The van der Waals surface area contributed by atoms with Crippen molar-refractivity contribution in [3.05, 3.63) is 35.4 Å². The Morgan fingerprint density at radius 2 is 1.64 bits per heavy atom. The highest BCUT2D eigenvalue weighted by molar-refractivity contribution is 5.22. The van der Waals surface area contributed by atoms with E-state index in [0.717, 1.165) is 13.0 Å². The van der Waals surface area contributed by atoms with Crippen LogP contribution in [-0.2, 0) is 13.0 Å². The topological polar surface area (TPSA) is 29.3 Å². The van der Waals surface area contributed by atoms with E-state index >= 15 is 0 Å². The van der Waals surface area contributed by atoms with Gasteiger partial charge >= 0.3 is 0 Å². The van der Waals surface area contributed by atoms with Gasteiger partial charge in [-0.05, 0) is 44.6 Å². The highest BCUT2D eigenvalue weighted by atomic mass is 15.0. The molecule has 0 aliphatic carbocycles. The van der Waals surface area contributed by atoms with Crippen molar-refractivity contribution < 1.29 is 0 Å². The number of benzene rings is 1. The number of aryl methyl sites for hydroxylation is 1. The fourth-order valence-electron chi connectivity index (χ4n) is 1.44. The first-order chi connectivity index (χ1) is 6.72. The summed E-state index contributed by atoms with van der Waals surface area (Å²) in [6, 6.07) is 8.59. The van der Waals surface area contributed by atoms with Crippen molar-refractivity contribution in [2.75, 3.05) is 20.6 Å². The maximum absolute atomic E-state index is 5.53. The van der Waals surface area contributed by atoms with Gasteiger partial charge < -0.3 is 10.6 Å². The van der Waals surface area contributed by atoms with Crippen molar-refractivity contribution in [2.45, 2.75) is 19.4 Å². The Labute approximate surface area is 86.7 Å². The molecule has 0 spiro atoms. The van der Waals surface area contributed by atoms with Crippen LogP contribution < -0.4 is 5.73 Å². The van der Waals surface area contributed by atoms with Gasteiger partial charge in [-0.3, -0.25) is 0 Å².